The van der Waals surface area contributed by atoms with E-state index in [1.807, 2.05) is 18.3 Å². The summed E-state index contributed by atoms with van der Waals surface area (Å²) in [5, 5.41) is 8.32. The van der Waals surface area contributed by atoms with E-state index in [2.05, 4.69) is 33.8 Å². The number of nitrogens with zero attached hydrogens (tertiary/aromatic N) is 4. The van der Waals surface area contributed by atoms with Crippen molar-refractivity contribution in [1.82, 2.24) is 19.7 Å². The number of aromatic nitrogens is 4. The number of fused-ring (bicyclic) bond motifs is 3. The molecule has 4 rings (SSSR count). The van der Waals surface area contributed by atoms with Gasteiger partial charge in [0.1, 0.15) is 5.69 Å². The number of hydrogen-bond acceptors (Lipinski definition) is 6. The molecule has 1 aliphatic rings. The zero-order chi connectivity index (χ0) is 17.6. The van der Waals surface area contributed by atoms with Crippen LogP contribution in [-0.2, 0) is 10.5 Å². The van der Waals surface area contributed by atoms with Gasteiger partial charge in [0.15, 0.2) is 5.13 Å². The Bertz CT molecular complexity index is 946. The molecule has 1 aliphatic heterocycles. The van der Waals surface area contributed by atoms with Crippen LogP contribution in [0.25, 0.3) is 21.8 Å². The van der Waals surface area contributed by atoms with E-state index < -0.39 is 0 Å². The van der Waals surface area contributed by atoms with Gasteiger partial charge in [-0.15, -0.1) is 11.8 Å². The first-order valence-corrected chi connectivity index (χ1v) is 9.78. The zero-order valence-corrected chi connectivity index (χ0v) is 15.7. The van der Waals surface area contributed by atoms with Crippen molar-refractivity contribution in [3.8, 4) is 21.8 Å². The summed E-state index contributed by atoms with van der Waals surface area (Å²) in [7, 11) is 0. The Morgan fingerprint density at radius 1 is 1.40 bits per heavy atom. The van der Waals surface area contributed by atoms with Crippen molar-refractivity contribution in [2.24, 2.45) is 0 Å². The molecule has 0 radical (unpaired) electrons. The first kappa shape index (κ1) is 16.3. The van der Waals surface area contributed by atoms with Gasteiger partial charge in [-0.25, -0.2) is 4.98 Å². The molecule has 0 aromatic carbocycles. The molecule has 0 bridgehead atoms. The Kier molecular flexibility index (Phi) is 4.09. The molecule has 0 fully saturated rings. The van der Waals surface area contributed by atoms with Gasteiger partial charge < -0.3 is 5.32 Å². The molecule has 0 aliphatic carbocycles. The predicted octanol–water partition coefficient (Wildman–Crippen LogP) is 4.21. The number of carbonyl (C=O) groups is 1. The quantitative estimate of drug-likeness (QED) is 0.746. The van der Waals surface area contributed by atoms with Crippen LogP contribution in [0.2, 0.25) is 0 Å². The van der Waals surface area contributed by atoms with Gasteiger partial charge in [0.2, 0.25) is 5.91 Å². The maximum atomic E-state index is 11.4. The Balaban J connectivity index is 1.90. The van der Waals surface area contributed by atoms with Crippen LogP contribution in [0.15, 0.2) is 29.4 Å². The highest BCUT2D eigenvalue weighted by atomic mass is 32.2. The average molecular weight is 371 g/mol. The van der Waals surface area contributed by atoms with Crippen LogP contribution in [0.4, 0.5) is 5.13 Å². The topological polar surface area (TPSA) is 72.7 Å². The van der Waals surface area contributed by atoms with Crippen LogP contribution < -0.4 is 5.32 Å². The molecule has 4 heterocycles. The zero-order valence-electron chi connectivity index (χ0n) is 14.1. The van der Waals surface area contributed by atoms with Crippen molar-refractivity contribution in [1.29, 1.82) is 0 Å². The van der Waals surface area contributed by atoms with Gasteiger partial charge in [-0.2, -0.15) is 5.10 Å². The van der Waals surface area contributed by atoms with Gasteiger partial charge in [-0.3, -0.25) is 14.5 Å². The van der Waals surface area contributed by atoms with E-state index >= 15 is 0 Å². The molecule has 6 nitrogen and oxygen atoms in total. The van der Waals surface area contributed by atoms with E-state index in [1.165, 1.54) is 18.3 Å². The number of amides is 1. The number of carbonyl (C=O) groups excluding carboxylic acids is 1. The van der Waals surface area contributed by atoms with Gasteiger partial charge in [0.05, 0.1) is 21.2 Å². The van der Waals surface area contributed by atoms with Crippen molar-refractivity contribution in [2.75, 3.05) is 5.32 Å². The summed E-state index contributed by atoms with van der Waals surface area (Å²) in [5.74, 6) is 0.669. The average Bonchev–Trinajstić information content (AvgIpc) is 3.15. The predicted molar refractivity (Wildman–Crippen MR) is 101 cm³/mol. The SMILES string of the molecule is CC(=O)Nc1nc2c(s1)-c1c(c(-c3cccnc3)nn1C(C)C)SC2. The maximum Gasteiger partial charge on any atom is 0.223 e. The first-order chi connectivity index (χ1) is 12.0. The second kappa shape index (κ2) is 6.27. The summed E-state index contributed by atoms with van der Waals surface area (Å²) in [6.07, 6.45) is 3.61. The molecule has 1 N–H and O–H groups in total. The number of rotatable bonds is 3. The van der Waals surface area contributed by atoms with Crippen LogP contribution in [-0.4, -0.2) is 25.7 Å². The van der Waals surface area contributed by atoms with E-state index in [1.54, 1.807) is 18.0 Å². The van der Waals surface area contributed by atoms with Gasteiger partial charge in [-0.05, 0) is 26.0 Å². The lowest BCUT2D eigenvalue weighted by atomic mass is 10.2. The van der Waals surface area contributed by atoms with Crippen LogP contribution in [0.3, 0.4) is 0 Å². The maximum absolute atomic E-state index is 11.4. The minimum absolute atomic E-state index is 0.104. The number of anilines is 1. The molecule has 25 heavy (non-hydrogen) atoms. The molecule has 0 unspecified atom stereocenters. The van der Waals surface area contributed by atoms with Crippen molar-refractivity contribution in [2.45, 2.75) is 37.5 Å². The second-order valence-corrected chi connectivity index (χ2v) is 8.06. The summed E-state index contributed by atoms with van der Waals surface area (Å²) in [6, 6.07) is 4.18. The second-order valence-electron chi connectivity index (χ2n) is 6.07. The Morgan fingerprint density at radius 3 is 2.92 bits per heavy atom. The molecule has 8 heteroatoms. The third-order valence-electron chi connectivity index (χ3n) is 3.84. The monoisotopic (exact) mass is 371 g/mol. The molecular weight excluding hydrogens is 354 g/mol. The van der Waals surface area contributed by atoms with Gasteiger partial charge >= 0.3 is 0 Å². The van der Waals surface area contributed by atoms with Gasteiger partial charge in [0, 0.05) is 36.7 Å². The number of nitrogens with one attached hydrogen (secondary N) is 1. The van der Waals surface area contributed by atoms with Crippen molar-refractivity contribution in [3.05, 3.63) is 30.2 Å². The third-order valence-corrected chi connectivity index (χ3v) is 5.95. The molecule has 0 saturated carbocycles. The molecule has 0 saturated heterocycles. The van der Waals surface area contributed by atoms with Gasteiger partial charge in [0.25, 0.3) is 0 Å². The molecule has 128 valence electrons. The van der Waals surface area contributed by atoms with Crippen molar-refractivity contribution >= 4 is 34.1 Å². The smallest absolute Gasteiger partial charge is 0.223 e. The summed E-state index contributed by atoms with van der Waals surface area (Å²) in [6.45, 7) is 5.74. The molecule has 0 spiro atoms. The van der Waals surface area contributed by atoms with Crippen LogP contribution in [0, 0.1) is 0 Å². The molecule has 3 aromatic rings. The fourth-order valence-electron chi connectivity index (χ4n) is 2.81. The number of thiazole rings is 1. The highest BCUT2D eigenvalue weighted by molar-refractivity contribution is 7.99. The molecule has 0 atom stereocenters. The minimum Gasteiger partial charge on any atom is -0.302 e. The standard InChI is InChI=1S/C17H17N5OS2/c1-9(2)22-14-15-12(20-17(25-15)19-10(3)23)8-24-16(14)13(21-22)11-5-4-6-18-7-11/h4-7,9H,8H2,1-3H3,(H,19,20,23). The lowest BCUT2D eigenvalue weighted by Crippen LogP contribution is -2.06. The van der Waals surface area contributed by atoms with Gasteiger partial charge in [-0.1, -0.05) is 11.3 Å². The molecule has 3 aromatic heterocycles. The normalized spacial score (nSPS) is 12.8. The first-order valence-electron chi connectivity index (χ1n) is 7.98. The fourth-order valence-corrected chi connectivity index (χ4v) is 5.15. The van der Waals surface area contributed by atoms with E-state index in [0.717, 1.165) is 38.2 Å². The van der Waals surface area contributed by atoms with E-state index in [4.69, 9.17) is 5.10 Å². The lowest BCUT2D eigenvalue weighted by Gasteiger charge is -2.15. The summed E-state index contributed by atoms with van der Waals surface area (Å²) in [5.41, 5.74) is 4.07. The number of hydrogen-bond donors (Lipinski definition) is 1. The lowest BCUT2D eigenvalue weighted by molar-refractivity contribution is -0.114. The highest BCUT2D eigenvalue weighted by Crippen LogP contribution is 2.49. The number of thioether (sulfide) groups is 1. The van der Waals surface area contributed by atoms with Crippen LogP contribution in [0.1, 0.15) is 32.5 Å². The van der Waals surface area contributed by atoms with Crippen LogP contribution >= 0.6 is 23.1 Å². The fraction of sp³-hybridized carbons (Fsp3) is 0.294. The Hall–Kier alpha value is -2.19. The van der Waals surface area contributed by atoms with E-state index in [9.17, 15) is 4.79 Å². The number of pyridine rings is 1. The highest BCUT2D eigenvalue weighted by Gasteiger charge is 2.30. The minimum atomic E-state index is -0.104. The van der Waals surface area contributed by atoms with Crippen LogP contribution in [0.5, 0.6) is 0 Å². The molecular formula is C17H17N5OS2. The Morgan fingerprint density at radius 2 is 2.24 bits per heavy atom. The summed E-state index contributed by atoms with van der Waals surface area (Å²) >= 11 is 3.26. The van der Waals surface area contributed by atoms with Crippen molar-refractivity contribution in [3.63, 3.8) is 0 Å². The van der Waals surface area contributed by atoms with E-state index in [0.29, 0.717) is 5.13 Å². The molecule has 1 amide bonds. The van der Waals surface area contributed by atoms with E-state index in [-0.39, 0.29) is 11.9 Å². The Labute approximate surface area is 153 Å². The summed E-state index contributed by atoms with van der Waals surface area (Å²) < 4.78 is 2.05. The van der Waals surface area contributed by atoms with Crippen molar-refractivity contribution < 1.29 is 4.79 Å². The largest absolute Gasteiger partial charge is 0.302 e. The third kappa shape index (κ3) is 2.85. The summed E-state index contributed by atoms with van der Waals surface area (Å²) in [4.78, 5) is 22.4.